The lowest BCUT2D eigenvalue weighted by Crippen LogP contribution is -2.27. The molecular formula is C33H26F10O4. The lowest BCUT2D eigenvalue weighted by molar-refractivity contribution is -0.188. The third kappa shape index (κ3) is 8.80. The number of hydrogen-bond acceptors (Lipinski definition) is 4. The van der Waals surface area contributed by atoms with Crippen molar-refractivity contribution in [3.63, 3.8) is 0 Å². The highest BCUT2D eigenvalue weighted by Crippen LogP contribution is 2.38. The average Bonchev–Trinajstić information content (AvgIpc) is 3.01. The quantitative estimate of drug-likeness (QED) is 0.0714. The summed E-state index contributed by atoms with van der Waals surface area (Å²) >= 11 is 0. The first kappa shape index (κ1) is 35.2. The minimum absolute atomic E-state index is 0.126. The maximum absolute atomic E-state index is 15.0. The minimum Gasteiger partial charge on any atom is -0.452 e. The van der Waals surface area contributed by atoms with Crippen LogP contribution in [0.15, 0.2) is 72.8 Å². The first-order valence-corrected chi connectivity index (χ1v) is 14.2. The molecule has 0 atom stereocenters. The predicted molar refractivity (Wildman–Crippen MR) is 148 cm³/mol. The van der Waals surface area contributed by atoms with Crippen molar-refractivity contribution in [3.05, 3.63) is 119 Å². The summed E-state index contributed by atoms with van der Waals surface area (Å²) in [6.07, 6.45) is -8.21. The van der Waals surface area contributed by atoms with Gasteiger partial charge in [0.2, 0.25) is 17.9 Å². The topological polar surface area (TPSA) is 36.9 Å². The molecule has 0 heterocycles. The molecule has 0 N–H and O–H groups in total. The van der Waals surface area contributed by atoms with Crippen LogP contribution in [0.4, 0.5) is 43.9 Å². The van der Waals surface area contributed by atoms with Gasteiger partial charge >= 0.3 is 12.2 Å². The fourth-order valence-corrected chi connectivity index (χ4v) is 4.27. The zero-order chi connectivity index (χ0) is 34.4. The van der Waals surface area contributed by atoms with Crippen LogP contribution in [0.1, 0.15) is 50.2 Å². The molecule has 252 valence electrons. The summed E-state index contributed by atoms with van der Waals surface area (Å²) in [5.74, 6) is -12.4. The fourth-order valence-electron chi connectivity index (χ4n) is 4.27. The second-order valence-electron chi connectivity index (χ2n) is 10.1. The summed E-state index contributed by atoms with van der Waals surface area (Å²) in [5, 5.41) is 0. The molecule has 4 rings (SSSR count). The van der Waals surface area contributed by atoms with E-state index in [0.29, 0.717) is 37.1 Å². The summed E-state index contributed by atoms with van der Waals surface area (Å²) in [6, 6.07) is 8.85. The second-order valence-corrected chi connectivity index (χ2v) is 10.1. The van der Waals surface area contributed by atoms with Gasteiger partial charge in [-0.05, 0) is 79.2 Å². The van der Waals surface area contributed by atoms with Crippen LogP contribution in [0.3, 0.4) is 0 Å². The molecule has 0 amide bonds. The van der Waals surface area contributed by atoms with Crippen molar-refractivity contribution in [3.8, 4) is 23.0 Å². The van der Waals surface area contributed by atoms with Crippen LogP contribution in [0.5, 0.6) is 23.0 Å². The molecule has 0 saturated carbocycles. The SMILES string of the molecule is CCCCCCC(Oc1ccc(C(F)(F)Oc2ccc(F)cc2)c(F)c1F)Oc1ccc(C(F)(F)Oc2ccc(F)cc2)c(F)c1F. The normalized spacial score (nSPS) is 11.9. The van der Waals surface area contributed by atoms with Crippen LogP contribution in [0.2, 0.25) is 0 Å². The Balaban J connectivity index is 1.56. The molecule has 4 aromatic carbocycles. The van der Waals surface area contributed by atoms with Crippen molar-refractivity contribution in [2.45, 2.75) is 57.5 Å². The summed E-state index contributed by atoms with van der Waals surface area (Å²) in [7, 11) is 0. The molecule has 47 heavy (non-hydrogen) atoms. The van der Waals surface area contributed by atoms with Crippen LogP contribution < -0.4 is 18.9 Å². The van der Waals surface area contributed by atoms with Crippen molar-refractivity contribution in [1.82, 2.24) is 0 Å². The van der Waals surface area contributed by atoms with Gasteiger partial charge in [-0.1, -0.05) is 26.2 Å². The van der Waals surface area contributed by atoms with E-state index in [1.807, 2.05) is 6.92 Å². The molecule has 0 unspecified atom stereocenters. The zero-order valence-electron chi connectivity index (χ0n) is 24.5. The number of rotatable bonds is 15. The molecule has 0 aliphatic carbocycles. The van der Waals surface area contributed by atoms with Crippen LogP contribution in [-0.2, 0) is 12.2 Å². The van der Waals surface area contributed by atoms with Crippen LogP contribution in [0, 0.1) is 34.9 Å². The highest BCUT2D eigenvalue weighted by atomic mass is 19.3. The van der Waals surface area contributed by atoms with Gasteiger partial charge in [-0.25, -0.2) is 17.6 Å². The molecule has 4 nitrogen and oxygen atoms in total. The minimum atomic E-state index is -4.41. The van der Waals surface area contributed by atoms with E-state index in [9.17, 15) is 35.1 Å². The predicted octanol–water partition coefficient (Wildman–Crippen LogP) is 10.5. The van der Waals surface area contributed by atoms with Crippen LogP contribution in [0.25, 0.3) is 0 Å². The van der Waals surface area contributed by atoms with Crippen molar-refractivity contribution in [1.29, 1.82) is 0 Å². The van der Waals surface area contributed by atoms with E-state index in [-0.39, 0.29) is 6.42 Å². The van der Waals surface area contributed by atoms with Crippen molar-refractivity contribution < 1.29 is 62.9 Å². The third-order valence-corrected chi connectivity index (χ3v) is 6.65. The Labute approximate surface area is 262 Å². The van der Waals surface area contributed by atoms with Gasteiger partial charge in [-0.15, -0.1) is 0 Å². The number of alkyl halides is 4. The maximum atomic E-state index is 15.0. The average molecular weight is 677 g/mol. The molecule has 0 aliphatic heterocycles. The van der Waals surface area contributed by atoms with Gasteiger partial charge in [0.1, 0.15) is 34.3 Å². The molecule has 0 aliphatic rings. The largest absolute Gasteiger partial charge is 0.452 e. The number of hydrogen-bond donors (Lipinski definition) is 0. The van der Waals surface area contributed by atoms with Crippen molar-refractivity contribution >= 4 is 0 Å². The summed E-state index contributed by atoms with van der Waals surface area (Å²) in [5.41, 5.74) is -3.06. The van der Waals surface area contributed by atoms with E-state index in [2.05, 4.69) is 9.47 Å². The Morgan fingerprint density at radius 3 is 1.30 bits per heavy atom. The Kier molecular flexibility index (Phi) is 11.1. The van der Waals surface area contributed by atoms with Gasteiger partial charge in [0, 0.05) is 6.42 Å². The lowest BCUT2D eigenvalue weighted by atomic mass is 10.1. The highest BCUT2D eigenvalue weighted by Gasteiger charge is 2.41. The molecule has 0 aromatic heterocycles. The van der Waals surface area contributed by atoms with Gasteiger partial charge in [0.15, 0.2) is 23.1 Å². The number of benzene rings is 4. The van der Waals surface area contributed by atoms with Gasteiger partial charge in [-0.2, -0.15) is 26.3 Å². The fraction of sp³-hybridized carbons (Fsp3) is 0.273. The molecule has 0 bridgehead atoms. The molecule has 0 radical (unpaired) electrons. The van der Waals surface area contributed by atoms with Gasteiger partial charge in [0.25, 0.3) is 0 Å². The van der Waals surface area contributed by atoms with E-state index >= 15 is 8.78 Å². The van der Waals surface area contributed by atoms with E-state index in [1.54, 1.807) is 0 Å². The molecule has 0 saturated heterocycles. The maximum Gasteiger partial charge on any atom is 0.429 e. The first-order valence-electron chi connectivity index (χ1n) is 14.2. The third-order valence-electron chi connectivity index (χ3n) is 6.65. The number of ether oxygens (including phenoxy) is 4. The molecular weight excluding hydrogens is 650 g/mol. The molecule has 0 spiro atoms. The monoisotopic (exact) mass is 676 g/mol. The first-order chi connectivity index (χ1) is 22.2. The summed E-state index contributed by atoms with van der Waals surface area (Å²) in [6.45, 7) is 1.90. The Morgan fingerprint density at radius 1 is 0.511 bits per heavy atom. The van der Waals surface area contributed by atoms with Gasteiger partial charge in [-0.3, -0.25) is 0 Å². The van der Waals surface area contributed by atoms with E-state index in [4.69, 9.17) is 9.47 Å². The van der Waals surface area contributed by atoms with Crippen molar-refractivity contribution in [2.24, 2.45) is 0 Å². The standard InChI is InChI=1S/C33H26F10O4/c1-2-3-4-5-6-27(44-25-17-15-23(28(36)30(25)38)32(40,41)46-21-11-7-19(34)8-12-21)45-26-18-16-24(29(37)31(26)39)33(42,43)47-22-13-9-20(35)10-14-22/h7-18,27H,2-6H2,1H3. The van der Waals surface area contributed by atoms with Crippen molar-refractivity contribution in [2.75, 3.05) is 0 Å². The van der Waals surface area contributed by atoms with E-state index < -0.39 is 87.5 Å². The van der Waals surface area contributed by atoms with Crippen LogP contribution in [-0.4, -0.2) is 6.29 Å². The van der Waals surface area contributed by atoms with Crippen LogP contribution >= 0.6 is 0 Å². The molecule has 0 fully saturated rings. The molecule has 4 aromatic rings. The number of unbranched alkanes of at least 4 members (excludes halogenated alkanes) is 3. The summed E-state index contributed by atoms with van der Waals surface area (Å²) in [4.78, 5) is 0. The van der Waals surface area contributed by atoms with E-state index in [1.165, 1.54) is 0 Å². The number of halogens is 10. The Hall–Kier alpha value is -4.62. The lowest BCUT2D eigenvalue weighted by Gasteiger charge is -2.24. The Morgan fingerprint density at radius 2 is 0.915 bits per heavy atom. The Bertz CT molecular complexity index is 1530. The van der Waals surface area contributed by atoms with Gasteiger partial charge < -0.3 is 18.9 Å². The molecule has 14 heteroatoms. The smallest absolute Gasteiger partial charge is 0.429 e. The summed E-state index contributed by atoms with van der Waals surface area (Å²) < 4.78 is 164. The van der Waals surface area contributed by atoms with E-state index in [0.717, 1.165) is 61.4 Å². The highest BCUT2D eigenvalue weighted by molar-refractivity contribution is 5.36. The van der Waals surface area contributed by atoms with Gasteiger partial charge in [0.05, 0.1) is 0 Å². The second kappa shape index (κ2) is 14.9. The zero-order valence-corrected chi connectivity index (χ0v) is 24.5.